The Morgan fingerprint density at radius 1 is 1.18 bits per heavy atom. The maximum Gasteiger partial charge on any atom is 0.0388 e. The van der Waals surface area contributed by atoms with Crippen LogP contribution >= 0.6 is 0 Å². The van der Waals surface area contributed by atoms with Crippen molar-refractivity contribution >= 4 is 0 Å². The Balaban J connectivity index is 2.28. The summed E-state index contributed by atoms with van der Waals surface area (Å²) in [4.78, 5) is 4.55. The average Bonchev–Trinajstić information content (AvgIpc) is 2.04. The highest BCUT2D eigenvalue weighted by Gasteiger charge is 2.09. The largest absolute Gasteiger partial charge is 0.330 e. The lowest BCUT2D eigenvalue weighted by molar-refractivity contribution is 0.207. The monoisotopic (exact) mass is 152 g/mol. The van der Waals surface area contributed by atoms with E-state index in [1.165, 1.54) is 0 Å². The van der Waals surface area contributed by atoms with Crippen LogP contribution in [0.25, 0.3) is 0 Å². The fourth-order valence-corrected chi connectivity index (χ4v) is 1.11. The van der Waals surface area contributed by atoms with Crippen LogP contribution in [0.4, 0.5) is 0 Å². The molecule has 0 aliphatic carbocycles. The van der Waals surface area contributed by atoms with Crippen LogP contribution in [-0.4, -0.2) is 43.0 Å². The van der Waals surface area contributed by atoms with Crippen LogP contribution in [0.5, 0.6) is 0 Å². The van der Waals surface area contributed by atoms with Crippen molar-refractivity contribution in [1.29, 1.82) is 0 Å². The Morgan fingerprint density at radius 3 is 2.36 bits per heavy atom. The van der Waals surface area contributed by atoms with E-state index < -0.39 is 0 Å². The van der Waals surface area contributed by atoms with Crippen molar-refractivity contribution in [3.8, 4) is 12.0 Å². The summed E-state index contributed by atoms with van der Waals surface area (Å²) in [5.74, 6) is 3.09. The molecular formula is C9H16N2. The second kappa shape index (κ2) is 4.25. The first-order valence-electron chi connectivity index (χ1n) is 4.25. The van der Waals surface area contributed by atoms with Crippen molar-refractivity contribution < 1.29 is 0 Å². The lowest BCUT2D eigenvalue weighted by Crippen LogP contribution is -2.42. The van der Waals surface area contributed by atoms with Gasteiger partial charge < -0.3 is 9.80 Å². The molecule has 0 amide bonds. The zero-order chi connectivity index (χ0) is 8.10. The molecule has 0 spiro atoms. The summed E-state index contributed by atoms with van der Waals surface area (Å²) in [5, 5.41) is 0. The minimum Gasteiger partial charge on any atom is -0.330 e. The molecule has 2 heteroatoms. The fraction of sp³-hybridized carbons (Fsp3) is 0.778. The molecule has 0 aromatic carbocycles. The van der Waals surface area contributed by atoms with Crippen LogP contribution in [-0.2, 0) is 0 Å². The van der Waals surface area contributed by atoms with Crippen LogP contribution in [0.2, 0.25) is 0 Å². The van der Waals surface area contributed by atoms with E-state index in [0.29, 0.717) is 0 Å². The summed E-state index contributed by atoms with van der Waals surface area (Å²) < 4.78 is 0. The number of rotatable bonds is 0. The third kappa shape index (κ3) is 2.81. The van der Waals surface area contributed by atoms with Crippen molar-refractivity contribution in [3.05, 3.63) is 0 Å². The van der Waals surface area contributed by atoms with E-state index in [9.17, 15) is 0 Å². The van der Waals surface area contributed by atoms with Crippen LogP contribution in [0.3, 0.4) is 0 Å². The molecule has 0 unspecified atom stereocenters. The third-order valence-corrected chi connectivity index (χ3v) is 1.92. The average molecular weight is 152 g/mol. The smallest absolute Gasteiger partial charge is 0.0388 e. The van der Waals surface area contributed by atoms with E-state index >= 15 is 0 Å². The van der Waals surface area contributed by atoms with E-state index in [0.717, 1.165) is 32.6 Å². The van der Waals surface area contributed by atoms with Crippen molar-refractivity contribution in [2.75, 3.05) is 33.2 Å². The Morgan fingerprint density at radius 2 is 1.82 bits per heavy atom. The summed E-state index contributed by atoms with van der Waals surface area (Å²) in [6, 6.07) is 3.15. The number of likely N-dealkylation sites (N-methyl/N-ethyl adjacent to an activating group) is 1. The predicted molar refractivity (Wildman–Crippen MR) is 47.1 cm³/mol. The fourth-order valence-electron chi connectivity index (χ4n) is 1.11. The van der Waals surface area contributed by atoms with Crippen LogP contribution in [0.1, 0.15) is 13.3 Å². The van der Waals surface area contributed by atoms with Gasteiger partial charge in [-0.2, -0.15) is 0 Å². The van der Waals surface area contributed by atoms with E-state index in [1.807, 2.05) is 0 Å². The maximum atomic E-state index is 3.15. The van der Waals surface area contributed by atoms with Crippen LogP contribution in [0.15, 0.2) is 0 Å². The highest BCUT2D eigenvalue weighted by atomic mass is 15.2. The van der Waals surface area contributed by atoms with Gasteiger partial charge in [0, 0.05) is 38.6 Å². The SMILES string of the molecule is CCC#CN1CCN(C)CC1. The Hall–Kier alpha value is -0.680. The number of hydrogen-bond acceptors (Lipinski definition) is 2. The van der Waals surface area contributed by atoms with Crippen molar-refractivity contribution in [2.24, 2.45) is 0 Å². The molecule has 0 aromatic heterocycles. The quantitative estimate of drug-likeness (QED) is 0.469. The van der Waals surface area contributed by atoms with Gasteiger partial charge in [0.05, 0.1) is 0 Å². The van der Waals surface area contributed by atoms with Crippen LogP contribution < -0.4 is 0 Å². The Labute approximate surface area is 69.2 Å². The molecular weight excluding hydrogens is 136 g/mol. The summed E-state index contributed by atoms with van der Waals surface area (Å²) in [5.41, 5.74) is 0. The molecule has 62 valence electrons. The topological polar surface area (TPSA) is 6.48 Å². The minimum absolute atomic E-state index is 0.965. The van der Waals surface area contributed by atoms with E-state index in [1.54, 1.807) is 0 Å². The zero-order valence-corrected chi connectivity index (χ0v) is 7.43. The molecule has 0 N–H and O–H groups in total. The van der Waals surface area contributed by atoms with Gasteiger partial charge in [-0.3, -0.25) is 0 Å². The number of piperazine rings is 1. The summed E-state index contributed by atoms with van der Waals surface area (Å²) >= 11 is 0. The second-order valence-electron chi connectivity index (χ2n) is 2.93. The maximum absolute atomic E-state index is 3.15. The first-order valence-corrected chi connectivity index (χ1v) is 4.25. The lowest BCUT2D eigenvalue weighted by Gasteiger charge is -2.29. The molecule has 0 atom stereocenters. The minimum atomic E-state index is 0.965. The molecule has 0 aromatic rings. The van der Waals surface area contributed by atoms with Gasteiger partial charge in [-0.25, -0.2) is 0 Å². The highest BCUT2D eigenvalue weighted by molar-refractivity contribution is 4.98. The van der Waals surface area contributed by atoms with Gasteiger partial charge in [-0.1, -0.05) is 12.8 Å². The van der Waals surface area contributed by atoms with Gasteiger partial charge in [0.1, 0.15) is 0 Å². The zero-order valence-electron chi connectivity index (χ0n) is 7.43. The number of hydrogen-bond donors (Lipinski definition) is 0. The molecule has 1 rings (SSSR count). The summed E-state index contributed by atoms with van der Waals surface area (Å²) in [7, 11) is 2.16. The van der Waals surface area contributed by atoms with E-state index in [4.69, 9.17) is 0 Å². The Kier molecular flexibility index (Phi) is 3.25. The molecule has 0 saturated carbocycles. The van der Waals surface area contributed by atoms with Gasteiger partial charge in [-0.05, 0) is 7.05 Å². The molecule has 0 bridgehead atoms. The highest BCUT2D eigenvalue weighted by Crippen LogP contribution is 1.96. The number of nitrogens with zero attached hydrogens (tertiary/aromatic N) is 2. The summed E-state index contributed by atoms with van der Waals surface area (Å²) in [6.07, 6.45) is 0.965. The van der Waals surface area contributed by atoms with E-state index in [-0.39, 0.29) is 0 Å². The third-order valence-electron chi connectivity index (χ3n) is 1.92. The van der Waals surface area contributed by atoms with Crippen molar-refractivity contribution in [2.45, 2.75) is 13.3 Å². The second-order valence-corrected chi connectivity index (χ2v) is 2.93. The van der Waals surface area contributed by atoms with Gasteiger partial charge in [0.25, 0.3) is 0 Å². The first-order chi connectivity index (χ1) is 5.33. The van der Waals surface area contributed by atoms with Crippen LogP contribution in [0, 0.1) is 12.0 Å². The lowest BCUT2D eigenvalue weighted by atomic mass is 10.3. The normalized spacial score (nSPS) is 19.3. The standard InChI is InChI=1S/C9H16N2/c1-3-4-5-11-8-6-10(2)7-9-11/h3,6-9H2,1-2H3. The molecule has 1 heterocycles. The van der Waals surface area contributed by atoms with Gasteiger partial charge in [0.2, 0.25) is 0 Å². The predicted octanol–water partition coefficient (Wildman–Crippen LogP) is 0.605. The van der Waals surface area contributed by atoms with Gasteiger partial charge in [0.15, 0.2) is 0 Å². The van der Waals surface area contributed by atoms with Gasteiger partial charge in [-0.15, -0.1) is 0 Å². The molecule has 0 radical (unpaired) electrons. The molecule has 1 aliphatic rings. The van der Waals surface area contributed by atoms with Gasteiger partial charge >= 0.3 is 0 Å². The molecule has 1 saturated heterocycles. The Bertz CT molecular complexity index is 158. The molecule has 1 aliphatic heterocycles. The summed E-state index contributed by atoms with van der Waals surface area (Å²) in [6.45, 7) is 6.59. The van der Waals surface area contributed by atoms with Crippen molar-refractivity contribution in [1.82, 2.24) is 9.80 Å². The van der Waals surface area contributed by atoms with E-state index in [2.05, 4.69) is 35.7 Å². The first kappa shape index (κ1) is 8.42. The molecule has 2 nitrogen and oxygen atoms in total. The molecule has 1 fully saturated rings. The van der Waals surface area contributed by atoms with Crippen molar-refractivity contribution in [3.63, 3.8) is 0 Å². The molecule has 11 heavy (non-hydrogen) atoms.